The van der Waals surface area contributed by atoms with Gasteiger partial charge in [0.15, 0.2) is 5.06 Å². The third kappa shape index (κ3) is 2.50. The van der Waals surface area contributed by atoms with E-state index in [0.717, 1.165) is 17.9 Å². The highest BCUT2D eigenvalue weighted by molar-refractivity contribution is 7.12. The van der Waals surface area contributed by atoms with Crippen LogP contribution in [-0.4, -0.2) is 18.3 Å². The van der Waals surface area contributed by atoms with Crippen LogP contribution >= 0.6 is 11.3 Å². The summed E-state index contributed by atoms with van der Waals surface area (Å²) >= 11 is 1.60. The molecule has 68 valence electrons. The first-order valence-corrected chi connectivity index (χ1v) is 5.06. The summed E-state index contributed by atoms with van der Waals surface area (Å²) in [6.45, 7) is 2.63. The molecule has 2 nitrogen and oxygen atoms in total. The van der Waals surface area contributed by atoms with Crippen molar-refractivity contribution in [3.63, 3.8) is 0 Å². The fraction of sp³-hybridized carbons (Fsp3) is 0.556. The molecule has 0 fully saturated rings. The SMILES string of the molecule is CCCc1ccsc1OCCO. The molecular weight excluding hydrogens is 172 g/mol. The van der Waals surface area contributed by atoms with Gasteiger partial charge in [0, 0.05) is 5.56 Å². The summed E-state index contributed by atoms with van der Waals surface area (Å²) in [6.07, 6.45) is 2.19. The molecule has 0 aliphatic carbocycles. The van der Waals surface area contributed by atoms with Gasteiger partial charge in [-0.2, -0.15) is 0 Å². The largest absolute Gasteiger partial charge is 0.481 e. The molecule has 0 bridgehead atoms. The van der Waals surface area contributed by atoms with Crippen LogP contribution in [0.5, 0.6) is 5.06 Å². The molecule has 0 aliphatic heterocycles. The van der Waals surface area contributed by atoms with Gasteiger partial charge in [0.25, 0.3) is 0 Å². The summed E-state index contributed by atoms with van der Waals surface area (Å²) in [5.74, 6) is 0. The molecule has 1 N–H and O–H groups in total. The van der Waals surface area contributed by atoms with E-state index in [1.54, 1.807) is 11.3 Å². The third-order valence-electron chi connectivity index (χ3n) is 1.55. The summed E-state index contributed by atoms with van der Waals surface area (Å²) in [4.78, 5) is 0. The first-order chi connectivity index (χ1) is 5.88. The van der Waals surface area contributed by atoms with Gasteiger partial charge in [-0.3, -0.25) is 0 Å². The Kier molecular flexibility index (Phi) is 4.11. The average Bonchev–Trinajstić information content (AvgIpc) is 2.50. The Morgan fingerprint density at radius 2 is 2.42 bits per heavy atom. The van der Waals surface area contributed by atoms with Crippen molar-refractivity contribution in [1.29, 1.82) is 0 Å². The molecule has 0 aromatic carbocycles. The van der Waals surface area contributed by atoms with Crippen LogP contribution < -0.4 is 4.74 Å². The lowest BCUT2D eigenvalue weighted by atomic mass is 10.2. The lowest BCUT2D eigenvalue weighted by Gasteiger charge is -2.03. The maximum atomic E-state index is 8.57. The molecule has 0 aliphatic rings. The van der Waals surface area contributed by atoms with Crippen molar-refractivity contribution in [1.82, 2.24) is 0 Å². The van der Waals surface area contributed by atoms with E-state index in [1.165, 1.54) is 5.56 Å². The quantitative estimate of drug-likeness (QED) is 0.762. The van der Waals surface area contributed by atoms with Gasteiger partial charge < -0.3 is 9.84 Å². The predicted molar refractivity (Wildman–Crippen MR) is 50.9 cm³/mol. The zero-order valence-electron chi connectivity index (χ0n) is 7.25. The fourth-order valence-corrected chi connectivity index (χ4v) is 1.87. The Labute approximate surface area is 76.8 Å². The lowest BCUT2D eigenvalue weighted by Crippen LogP contribution is -2.01. The van der Waals surface area contributed by atoms with Crippen molar-refractivity contribution < 1.29 is 9.84 Å². The van der Waals surface area contributed by atoms with Crippen molar-refractivity contribution in [3.8, 4) is 5.06 Å². The number of hydrogen-bond donors (Lipinski definition) is 1. The molecule has 0 saturated carbocycles. The van der Waals surface area contributed by atoms with E-state index >= 15 is 0 Å². The summed E-state index contributed by atoms with van der Waals surface area (Å²) in [6, 6.07) is 2.08. The molecule has 1 heterocycles. The Morgan fingerprint density at radius 1 is 1.58 bits per heavy atom. The lowest BCUT2D eigenvalue weighted by molar-refractivity contribution is 0.204. The van der Waals surface area contributed by atoms with Crippen molar-refractivity contribution in [2.24, 2.45) is 0 Å². The topological polar surface area (TPSA) is 29.5 Å². The Balaban J connectivity index is 2.51. The van der Waals surface area contributed by atoms with E-state index in [9.17, 15) is 0 Å². The third-order valence-corrected chi connectivity index (χ3v) is 2.42. The van der Waals surface area contributed by atoms with Crippen molar-refractivity contribution >= 4 is 11.3 Å². The number of aliphatic hydroxyl groups is 1. The van der Waals surface area contributed by atoms with Crippen LogP contribution in [0.2, 0.25) is 0 Å². The Bertz CT molecular complexity index is 220. The maximum absolute atomic E-state index is 8.57. The van der Waals surface area contributed by atoms with Crippen molar-refractivity contribution in [3.05, 3.63) is 17.0 Å². The number of hydrogen-bond acceptors (Lipinski definition) is 3. The minimum absolute atomic E-state index is 0.0868. The minimum atomic E-state index is 0.0868. The van der Waals surface area contributed by atoms with Crippen LogP contribution in [0.3, 0.4) is 0 Å². The van der Waals surface area contributed by atoms with E-state index in [4.69, 9.17) is 9.84 Å². The van der Waals surface area contributed by atoms with Gasteiger partial charge in [-0.05, 0) is 17.9 Å². The van der Waals surface area contributed by atoms with Gasteiger partial charge in [0.05, 0.1) is 6.61 Å². The summed E-state index contributed by atoms with van der Waals surface area (Å²) in [7, 11) is 0. The van der Waals surface area contributed by atoms with Crippen molar-refractivity contribution in [2.45, 2.75) is 19.8 Å². The summed E-state index contributed by atoms with van der Waals surface area (Å²) in [5.41, 5.74) is 1.26. The molecule has 1 rings (SSSR count). The monoisotopic (exact) mass is 186 g/mol. The predicted octanol–water partition coefficient (Wildman–Crippen LogP) is 2.07. The molecule has 0 spiro atoms. The molecule has 12 heavy (non-hydrogen) atoms. The molecule has 1 aromatic heterocycles. The Hall–Kier alpha value is -0.540. The fourth-order valence-electron chi connectivity index (χ4n) is 1.04. The van der Waals surface area contributed by atoms with Crippen LogP contribution in [0.4, 0.5) is 0 Å². The molecule has 0 unspecified atom stereocenters. The molecule has 0 radical (unpaired) electrons. The highest BCUT2D eigenvalue weighted by Crippen LogP contribution is 2.26. The van der Waals surface area contributed by atoms with E-state index in [1.807, 2.05) is 5.38 Å². The van der Waals surface area contributed by atoms with Crippen LogP contribution in [-0.2, 0) is 6.42 Å². The van der Waals surface area contributed by atoms with E-state index in [-0.39, 0.29) is 6.61 Å². The highest BCUT2D eigenvalue weighted by atomic mass is 32.1. The highest BCUT2D eigenvalue weighted by Gasteiger charge is 2.03. The molecule has 0 amide bonds. The summed E-state index contributed by atoms with van der Waals surface area (Å²) in [5, 5.41) is 11.6. The van der Waals surface area contributed by atoms with Crippen molar-refractivity contribution in [2.75, 3.05) is 13.2 Å². The van der Waals surface area contributed by atoms with Gasteiger partial charge in [-0.15, -0.1) is 11.3 Å². The van der Waals surface area contributed by atoms with E-state index < -0.39 is 0 Å². The van der Waals surface area contributed by atoms with E-state index in [0.29, 0.717) is 6.61 Å². The number of ether oxygens (including phenoxy) is 1. The first-order valence-electron chi connectivity index (χ1n) is 4.18. The molecule has 3 heteroatoms. The molecule has 0 atom stereocenters. The van der Waals surface area contributed by atoms with Crippen LogP contribution in [0.25, 0.3) is 0 Å². The second kappa shape index (κ2) is 5.17. The zero-order valence-corrected chi connectivity index (χ0v) is 8.06. The standard InChI is InChI=1S/C9H14O2S/c1-2-3-8-4-7-12-9(8)11-6-5-10/h4,7,10H,2-3,5-6H2,1H3. The first kappa shape index (κ1) is 9.55. The van der Waals surface area contributed by atoms with Gasteiger partial charge in [-0.25, -0.2) is 0 Å². The normalized spacial score (nSPS) is 10.2. The number of aliphatic hydroxyl groups excluding tert-OH is 1. The van der Waals surface area contributed by atoms with Crippen LogP contribution in [0.15, 0.2) is 11.4 Å². The van der Waals surface area contributed by atoms with Crippen LogP contribution in [0.1, 0.15) is 18.9 Å². The average molecular weight is 186 g/mol. The van der Waals surface area contributed by atoms with Gasteiger partial charge in [-0.1, -0.05) is 13.3 Å². The second-order valence-electron chi connectivity index (χ2n) is 2.56. The van der Waals surface area contributed by atoms with Gasteiger partial charge in [0.1, 0.15) is 6.61 Å². The molecule has 1 aromatic rings. The number of aryl methyl sites for hydroxylation is 1. The van der Waals surface area contributed by atoms with Gasteiger partial charge >= 0.3 is 0 Å². The van der Waals surface area contributed by atoms with Gasteiger partial charge in [0.2, 0.25) is 0 Å². The smallest absolute Gasteiger partial charge is 0.177 e. The number of rotatable bonds is 5. The second-order valence-corrected chi connectivity index (χ2v) is 3.43. The maximum Gasteiger partial charge on any atom is 0.177 e. The summed E-state index contributed by atoms with van der Waals surface area (Å²) < 4.78 is 5.35. The van der Waals surface area contributed by atoms with Crippen LogP contribution in [0, 0.1) is 0 Å². The zero-order chi connectivity index (χ0) is 8.81. The molecular formula is C9H14O2S. The molecule has 0 saturated heterocycles. The number of thiophene rings is 1. The Morgan fingerprint density at radius 3 is 3.08 bits per heavy atom. The van der Waals surface area contributed by atoms with E-state index in [2.05, 4.69) is 13.0 Å². The minimum Gasteiger partial charge on any atom is -0.481 e.